The molecule has 2 aromatic heterocycles. The average Bonchev–Trinajstić information content (AvgIpc) is 3.06. The lowest BCUT2D eigenvalue weighted by atomic mass is 10.2. The van der Waals surface area contributed by atoms with Crippen LogP contribution in [0.1, 0.15) is 10.4 Å². The highest BCUT2D eigenvalue weighted by atomic mass is 35.5. The van der Waals surface area contributed by atoms with E-state index in [1.54, 1.807) is 30.3 Å². The third-order valence-corrected chi connectivity index (χ3v) is 5.26. The molecule has 0 aliphatic rings. The van der Waals surface area contributed by atoms with Crippen molar-refractivity contribution < 1.29 is 4.79 Å². The van der Waals surface area contributed by atoms with Crippen molar-refractivity contribution >= 4 is 68.5 Å². The number of nitrogens with one attached hydrogen (secondary N) is 1. The Morgan fingerprint density at radius 1 is 1.14 bits per heavy atom. The largest absolute Gasteiger partial charge is 0.298 e. The third-order valence-electron chi connectivity index (χ3n) is 2.76. The Morgan fingerprint density at radius 3 is 2.50 bits per heavy atom. The number of amides is 1. The van der Waals surface area contributed by atoms with Gasteiger partial charge in [0.1, 0.15) is 4.34 Å². The van der Waals surface area contributed by atoms with Crippen LogP contribution in [0, 0.1) is 0 Å². The SMILES string of the molecule is O=C(Nc1nc(-c2cc(Cl)sc2Cl)cs1)c1ccc(Cl)cc1. The molecule has 8 heteroatoms. The molecule has 0 bridgehead atoms. The topological polar surface area (TPSA) is 42.0 Å². The lowest BCUT2D eigenvalue weighted by Crippen LogP contribution is -2.11. The second-order valence-corrected chi connectivity index (χ2v) is 7.82. The molecule has 3 nitrogen and oxygen atoms in total. The Hall–Kier alpha value is -1.11. The number of hydrogen-bond donors (Lipinski definition) is 1. The molecule has 0 spiro atoms. The van der Waals surface area contributed by atoms with E-state index in [9.17, 15) is 4.79 Å². The van der Waals surface area contributed by atoms with Gasteiger partial charge in [-0.1, -0.05) is 34.8 Å². The van der Waals surface area contributed by atoms with Crippen LogP contribution in [0.25, 0.3) is 11.3 Å². The highest BCUT2D eigenvalue weighted by Gasteiger charge is 2.14. The van der Waals surface area contributed by atoms with Gasteiger partial charge in [-0.15, -0.1) is 22.7 Å². The first kappa shape index (κ1) is 15.8. The first-order valence-electron chi connectivity index (χ1n) is 6.00. The fraction of sp³-hybridized carbons (Fsp3) is 0. The van der Waals surface area contributed by atoms with Gasteiger partial charge in [-0.2, -0.15) is 0 Å². The van der Waals surface area contributed by atoms with Crippen LogP contribution >= 0.6 is 57.5 Å². The van der Waals surface area contributed by atoms with E-state index in [0.29, 0.717) is 30.1 Å². The maximum atomic E-state index is 12.1. The van der Waals surface area contributed by atoms with Crippen LogP contribution in [0.5, 0.6) is 0 Å². The van der Waals surface area contributed by atoms with Gasteiger partial charge in [0.2, 0.25) is 0 Å². The summed E-state index contributed by atoms with van der Waals surface area (Å²) in [5.74, 6) is -0.244. The first-order valence-corrected chi connectivity index (χ1v) is 8.83. The van der Waals surface area contributed by atoms with Gasteiger partial charge < -0.3 is 0 Å². The highest BCUT2D eigenvalue weighted by molar-refractivity contribution is 7.20. The van der Waals surface area contributed by atoms with Crippen molar-refractivity contribution in [3.05, 3.63) is 55.0 Å². The molecule has 1 amide bonds. The summed E-state index contributed by atoms with van der Waals surface area (Å²) in [6.45, 7) is 0. The number of anilines is 1. The van der Waals surface area contributed by atoms with E-state index in [1.165, 1.54) is 22.7 Å². The maximum Gasteiger partial charge on any atom is 0.257 e. The average molecular weight is 390 g/mol. The summed E-state index contributed by atoms with van der Waals surface area (Å²) in [6.07, 6.45) is 0. The fourth-order valence-electron chi connectivity index (χ4n) is 1.74. The second kappa shape index (κ2) is 6.56. The molecule has 0 aliphatic carbocycles. The molecule has 0 fully saturated rings. The van der Waals surface area contributed by atoms with Gasteiger partial charge in [0.25, 0.3) is 5.91 Å². The lowest BCUT2D eigenvalue weighted by molar-refractivity contribution is 0.102. The molecule has 0 atom stereocenters. The number of carbonyl (C=O) groups is 1. The summed E-state index contributed by atoms with van der Waals surface area (Å²) in [7, 11) is 0. The Bertz CT molecular complexity index is 827. The van der Waals surface area contributed by atoms with E-state index < -0.39 is 0 Å². The van der Waals surface area contributed by atoms with Crippen molar-refractivity contribution in [1.29, 1.82) is 0 Å². The van der Waals surface area contributed by atoms with Crippen molar-refractivity contribution in [3.63, 3.8) is 0 Å². The molecule has 3 aromatic rings. The van der Waals surface area contributed by atoms with E-state index >= 15 is 0 Å². The normalized spacial score (nSPS) is 10.7. The quantitative estimate of drug-likeness (QED) is 0.589. The van der Waals surface area contributed by atoms with E-state index in [0.717, 1.165) is 5.56 Å². The summed E-state index contributed by atoms with van der Waals surface area (Å²) in [4.78, 5) is 16.5. The molecule has 22 heavy (non-hydrogen) atoms. The van der Waals surface area contributed by atoms with E-state index in [-0.39, 0.29) is 5.91 Å². The van der Waals surface area contributed by atoms with Gasteiger partial charge in [0, 0.05) is 21.5 Å². The zero-order valence-corrected chi connectivity index (χ0v) is 14.7. The second-order valence-electron chi connectivity index (χ2n) is 4.24. The van der Waals surface area contributed by atoms with Crippen LogP contribution in [0.3, 0.4) is 0 Å². The Balaban J connectivity index is 1.78. The molecule has 1 N–H and O–H groups in total. The van der Waals surface area contributed by atoms with Gasteiger partial charge in [0.05, 0.1) is 10.0 Å². The number of halogens is 3. The van der Waals surface area contributed by atoms with Crippen molar-refractivity contribution in [2.24, 2.45) is 0 Å². The number of thiazole rings is 1. The summed E-state index contributed by atoms with van der Waals surface area (Å²) in [5, 5.41) is 5.64. The number of rotatable bonds is 3. The van der Waals surface area contributed by atoms with Crippen LogP contribution in [0.2, 0.25) is 13.7 Å². The monoisotopic (exact) mass is 388 g/mol. The Labute approximate surface area is 149 Å². The van der Waals surface area contributed by atoms with Crippen molar-refractivity contribution in [2.45, 2.75) is 0 Å². The van der Waals surface area contributed by atoms with E-state index in [4.69, 9.17) is 34.8 Å². The molecule has 0 unspecified atom stereocenters. The van der Waals surface area contributed by atoms with Crippen LogP contribution < -0.4 is 5.32 Å². The molecule has 0 radical (unpaired) electrons. The van der Waals surface area contributed by atoms with Crippen molar-refractivity contribution in [3.8, 4) is 11.3 Å². The minimum Gasteiger partial charge on any atom is -0.298 e. The number of benzene rings is 1. The molecule has 0 saturated heterocycles. The lowest BCUT2D eigenvalue weighted by Gasteiger charge is -2.01. The van der Waals surface area contributed by atoms with Crippen LogP contribution in [0.4, 0.5) is 5.13 Å². The predicted octanol–water partition coefficient (Wildman–Crippen LogP) is 6.08. The molecule has 0 saturated carbocycles. The smallest absolute Gasteiger partial charge is 0.257 e. The molecule has 3 rings (SSSR count). The van der Waals surface area contributed by atoms with Gasteiger partial charge >= 0.3 is 0 Å². The van der Waals surface area contributed by atoms with E-state index in [1.807, 2.05) is 5.38 Å². The minimum absolute atomic E-state index is 0.244. The summed E-state index contributed by atoms with van der Waals surface area (Å²) >= 11 is 20.4. The number of thiophene rings is 1. The van der Waals surface area contributed by atoms with Gasteiger partial charge in [-0.05, 0) is 30.3 Å². The first-order chi connectivity index (χ1) is 10.5. The van der Waals surface area contributed by atoms with Crippen LogP contribution in [-0.2, 0) is 0 Å². The standard InChI is InChI=1S/C14H7Cl3N2OS2/c15-8-3-1-7(2-4-8)13(20)19-14-18-10(6-21-14)9-5-11(16)22-12(9)17/h1-6H,(H,18,19,20). The van der Waals surface area contributed by atoms with Crippen molar-refractivity contribution in [1.82, 2.24) is 4.98 Å². The summed E-state index contributed by atoms with van der Waals surface area (Å²) in [5.41, 5.74) is 1.96. The summed E-state index contributed by atoms with van der Waals surface area (Å²) in [6, 6.07) is 8.39. The number of hydrogen-bond acceptors (Lipinski definition) is 4. The van der Waals surface area contributed by atoms with Gasteiger partial charge in [-0.3, -0.25) is 10.1 Å². The molecule has 112 valence electrons. The van der Waals surface area contributed by atoms with Gasteiger partial charge in [0.15, 0.2) is 5.13 Å². The Kier molecular flexibility index (Phi) is 4.70. The minimum atomic E-state index is -0.244. The molecular formula is C14H7Cl3N2OS2. The van der Waals surface area contributed by atoms with Crippen molar-refractivity contribution in [2.75, 3.05) is 5.32 Å². The third kappa shape index (κ3) is 3.45. The van der Waals surface area contributed by atoms with E-state index in [2.05, 4.69) is 10.3 Å². The van der Waals surface area contributed by atoms with Gasteiger partial charge in [-0.25, -0.2) is 4.98 Å². The van der Waals surface area contributed by atoms with Crippen LogP contribution in [-0.4, -0.2) is 10.9 Å². The highest BCUT2D eigenvalue weighted by Crippen LogP contribution is 2.39. The zero-order valence-electron chi connectivity index (χ0n) is 10.8. The number of nitrogens with zero attached hydrogens (tertiary/aromatic N) is 1. The maximum absolute atomic E-state index is 12.1. The zero-order chi connectivity index (χ0) is 15.7. The number of carbonyl (C=O) groups excluding carboxylic acids is 1. The fourth-order valence-corrected chi connectivity index (χ4v) is 4.05. The van der Waals surface area contributed by atoms with Crippen LogP contribution in [0.15, 0.2) is 35.7 Å². The molecule has 2 heterocycles. The molecule has 0 aliphatic heterocycles. The molecule has 1 aromatic carbocycles. The summed E-state index contributed by atoms with van der Waals surface area (Å²) < 4.78 is 1.17. The number of aromatic nitrogens is 1. The Morgan fingerprint density at radius 2 is 1.86 bits per heavy atom. The predicted molar refractivity (Wildman–Crippen MR) is 94.9 cm³/mol. The molecular weight excluding hydrogens is 383 g/mol.